The van der Waals surface area contributed by atoms with E-state index in [9.17, 15) is 18.0 Å². The van der Waals surface area contributed by atoms with E-state index in [1.165, 1.54) is 0 Å². The quantitative estimate of drug-likeness (QED) is 0.839. The fourth-order valence-corrected chi connectivity index (χ4v) is 1.16. The second-order valence-corrected chi connectivity index (χ2v) is 3.57. The van der Waals surface area contributed by atoms with Gasteiger partial charge in [0.1, 0.15) is 0 Å². The molecule has 0 saturated carbocycles. The summed E-state index contributed by atoms with van der Waals surface area (Å²) in [5.74, 6) is -2.95. The Hall–Kier alpha value is -1.50. The number of furan rings is 1. The highest BCUT2D eigenvalue weighted by atomic mass is 19.4. The van der Waals surface area contributed by atoms with Crippen molar-refractivity contribution in [1.82, 2.24) is 0 Å². The molecule has 96 valence electrons. The number of carbonyl (C=O) groups is 1. The van der Waals surface area contributed by atoms with E-state index in [-0.39, 0.29) is 0 Å². The third-order valence-electron chi connectivity index (χ3n) is 1.78. The highest BCUT2D eigenvalue weighted by Gasteiger charge is 2.39. The molecule has 0 aliphatic heterocycles. The molecule has 0 atom stereocenters. The number of carbonyl (C=O) groups excluding carboxylic acids is 1. The highest BCUT2D eigenvalue weighted by molar-refractivity contribution is 5.86. The monoisotopic (exact) mass is 252 g/mol. The van der Waals surface area contributed by atoms with Crippen molar-refractivity contribution < 1.29 is 32.2 Å². The molecule has 0 bridgehead atoms. The lowest BCUT2D eigenvalue weighted by molar-refractivity contribution is -0.154. The highest BCUT2D eigenvalue weighted by Crippen LogP contribution is 2.34. The minimum absolute atomic E-state index is 0.473. The van der Waals surface area contributed by atoms with Crippen LogP contribution in [0.1, 0.15) is 35.7 Å². The lowest BCUT2D eigenvalue weighted by atomic mass is 10.2. The minimum Gasteiger partial charge on any atom is -0.457 e. The summed E-state index contributed by atoms with van der Waals surface area (Å²) < 4.78 is 46.3. The predicted molar refractivity (Wildman–Crippen MR) is 50.2 cm³/mol. The molecule has 17 heavy (non-hydrogen) atoms. The summed E-state index contributed by atoms with van der Waals surface area (Å²) in [6.07, 6.45) is -5.23. The van der Waals surface area contributed by atoms with Gasteiger partial charge >= 0.3 is 12.1 Å². The van der Waals surface area contributed by atoms with E-state index in [4.69, 9.17) is 5.11 Å². The lowest BCUT2D eigenvalue weighted by Crippen LogP contribution is -2.11. The second-order valence-electron chi connectivity index (χ2n) is 3.57. The molecular weight excluding hydrogens is 241 g/mol. The van der Waals surface area contributed by atoms with Crippen molar-refractivity contribution in [2.24, 2.45) is 0 Å². The van der Waals surface area contributed by atoms with Gasteiger partial charge in [-0.3, -0.25) is 0 Å². The minimum atomic E-state index is -4.76. The van der Waals surface area contributed by atoms with E-state index >= 15 is 0 Å². The van der Waals surface area contributed by atoms with Crippen molar-refractivity contribution in [2.75, 3.05) is 0 Å². The number of halogens is 3. The molecule has 0 aromatic carbocycles. The first-order chi connectivity index (χ1) is 7.75. The Morgan fingerprint density at radius 3 is 2.47 bits per heavy atom. The Morgan fingerprint density at radius 2 is 2.12 bits per heavy atom. The van der Waals surface area contributed by atoms with E-state index in [2.05, 4.69) is 9.15 Å². The molecule has 0 fully saturated rings. The first kappa shape index (κ1) is 13.6. The first-order valence-electron chi connectivity index (χ1n) is 4.77. The van der Waals surface area contributed by atoms with Crippen LogP contribution in [0.5, 0.6) is 0 Å². The summed E-state index contributed by atoms with van der Waals surface area (Å²) in [6.45, 7) is 2.24. The number of alkyl halides is 3. The smallest absolute Gasteiger partial charge is 0.449 e. The van der Waals surface area contributed by atoms with E-state index in [1.807, 2.05) is 0 Å². The van der Waals surface area contributed by atoms with Gasteiger partial charge in [-0.15, -0.1) is 0 Å². The van der Waals surface area contributed by atoms with Crippen LogP contribution in [0.3, 0.4) is 0 Å². The molecule has 0 unspecified atom stereocenters. The van der Waals surface area contributed by atoms with Crippen LogP contribution in [0.4, 0.5) is 13.2 Å². The number of aliphatic hydroxyl groups excluding tert-OH is 1. The molecule has 1 N–H and O–H groups in total. The van der Waals surface area contributed by atoms with Crippen LogP contribution in [0, 0.1) is 0 Å². The fourth-order valence-electron chi connectivity index (χ4n) is 1.16. The van der Waals surface area contributed by atoms with Crippen molar-refractivity contribution in [3.63, 3.8) is 0 Å². The van der Waals surface area contributed by atoms with Crippen molar-refractivity contribution in [2.45, 2.75) is 32.7 Å². The molecule has 0 amide bonds. The molecular formula is C10H11F3O4. The molecule has 1 aromatic heterocycles. The Labute approximate surface area is 95.0 Å². The lowest BCUT2D eigenvalue weighted by Gasteiger charge is -2.05. The molecule has 0 radical (unpaired) electrons. The molecule has 0 aliphatic carbocycles. The van der Waals surface area contributed by atoms with Crippen molar-refractivity contribution in [3.8, 4) is 0 Å². The molecule has 7 heteroatoms. The average molecular weight is 252 g/mol. The summed E-state index contributed by atoms with van der Waals surface area (Å²) in [7, 11) is 0. The van der Waals surface area contributed by atoms with E-state index in [1.54, 1.807) is 13.8 Å². The Balaban J connectivity index is 3.05. The number of rotatable bonds is 3. The Morgan fingerprint density at radius 1 is 1.53 bits per heavy atom. The van der Waals surface area contributed by atoms with Gasteiger partial charge in [0.2, 0.25) is 11.5 Å². The standard InChI is InChI=1S/C10H11F3O4/c1-5(2)16-9(15)7-3-6(4-14)8(17-7)10(11,12)13/h3,5,14H,4H2,1-2H3. The van der Waals surface area contributed by atoms with Gasteiger partial charge in [-0.05, 0) is 19.9 Å². The average Bonchev–Trinajstić information content (AvgIpc) is 2.59. The third kappa shape index (κ3) is 3.23. The predicted octanol–water partition coefficient (Wildman–Crippen LogP) is 2.36. The zero-order valence-corrected chi connectivity index (χ0v) is 9.17. The summed E-state index contributed by atoms with van der Waals surface area (Å²) in [4.78, 5) is 11.3. The summed E-state index contributed by atoms with van der Waals surface area (Å²) in [6, 6.07) is 0.827. The summed E-state index contributed by atoms with van der Waals surface area (Å²) >= 11 is 0. The van der Waals surface area contributed by atoms with Gasteiger partial charge < -0.3 is 14.3 Å². The van der Waals surface area contributed by atoms with Crippen molar-refractivity contribution in [3.05, 3.63) is 23.2 Å². The topological polar surface area (TPSA) is 59.7 Å². The van der Waals surface area contributed by atoms with Crippen LogP contribution in [-0.2, 0) is 17.5 Å². The zero-order chi connectivity index (χ0) is 13.2. The van der Waals surface area contributed by atoms with Crippen LogP contribution in [0.15, 0.2) is 10.5 Å². The summed E-state index contributed by atoms with van der Waals surface area (Å²) in [5, 5.41) is 8.75. The molecule has 4 nitrogen and oxygen atoms in total. The SMILES string of the molecule is CC(C)OC(=O)c1cc(CO)c(C(F)(F)F)o1. The van der Waals surface area contributed by atoms with Crippen LogP contribution >= 0.6 is 0 Å². The van der Waals surface area contributed by atoms with Crippen LogP contribution in [-0.4, -0.2) is 17.2 Å². The van der Waals surface area contributed by atoms with Gasteiger partial charge in [0.05, 0.1) is 12.7 Å². The molecule has 1 rings (SSSR count). The molecule has 0 spiro atoms. The maximum absolute atomic E-state index is 12.4. The van der Waals surface area contributed by atoms with E-state index < -0.39 is 41.9 Å². The van der Waals surface area contributed by atoms with Gasteiger partial charge in [0.15, 0.2) is 0 Å². The molecule has 0 saturated heterocycles. The zero-order valence-electron chi connectivity index (χ0n) is 9.17. The van der Waals surface area contributed by atoms with Gasteiger partial charge in [0.25, 0.3) is 0 Å². The Kier molecular flexibility index (Phi) is 3.82. The number of hydrogen-bond donors (Lipinski definition) is 1. The number of aliphatic hydroxyl groups is 1. The van der Waals surface area contributed by atoms with Crippen LogP contribution < -0.4 is 0 Å². The maximum atomic E-state index is 12.4. The second kappa shape index (κ2) is 4.79. The number of esters is 1. The van der Waals surface area contributed by atoms with Crippen molar-refractivity contribution in [1.29, 1.82) is 0 Å². The molecule has 0 aliphatic rings. The van der Waals surface area contributed by atoms with Gasteiger partial charge in [0, 0.05) is 5.56 Å². The first-order valence-corrected chi connectivity index (χ1v) is 4.77. The maximum Gasteiger partial charge on any atom is 0.449 e. The summed E-state index contributed by atoms with van der Waals surface area (Å²) in [5.41, 5.74) is -0.492. The molecule has 1 heterocycles. The normalized spacial score (nSPS) is 11.9. The fraction of sp³-hybridized carbons (Fsp3) is 0.500. The van der Waals surface area contributed by atoms with Gasteiger partial charge in [-0.25, -0.2) is 4.79 Å². The molecule has 1 aromatic rings. The van der Waals surface area contributed by atoms with E-state index in [0.717, 1.165) is 6.07 Å². The Bertz CT molecular complexity index is 406. The largest absolute Gasteiger partial charge is 0.457 e. The number of hydrogen-bond acceptors (Lipinski definition) is 4. The van der Waals surface area contributed by atoms with Gasteiger partial charge in [-0.2, -0.15) is 13.2 Å². The van der Waals surface area contributed by atoms with E-state index in [0.29, 0.717) is 0 Å². The van der Waals surface area contributed by atoms with Crippen LogP contribution in [0.2, 0.25) is 0 Å². The van der Waals surface area contributed by atoms with Crippen LogP contribution in [0.25, 0.3) is 0 Å². The van der Waals surface area contributed by atoms with Gasteiger partial charge in [-0.1, -0.05) is 0 Å². The third-order valence-corrected chi connectivity index (χ3v) is 1.78. The van der Waals surface area contributed by atoms with Crippen molar-refractivity contribution >= 4 is 5.97 Å². The number of ether oxygens (including phenoxy) is 1.